The first-order chi connectivity index (χ1) is 13.1. The lowest BCUT2D eigenvalue weighted by Crippen LogP contribution is -2.59. The zero-order valence-corrected chi connectivity index (χ0v) is 15.0. The number of methoxy groups -OCH3 is 2. The number of rotatable bonds is 4. The number of amides is 2. The fraction of sp³-hybridized carbons (Fsp3) is 0.278. The minimum absolute atomic E-state index is 0.116. The molecule has 0 saturated carbocycles. The number of nitrogens with zero attached hydrogens (tertiary/aromatic N) is 2. The molecule has 2 unspecified atom stereocenters. The molecule has 2 aromatic rings. The third kappa shape index (κ3) is 3.01. The van der Waals surface area contributed by atoms with E-state index in [0.29, 0.717) is 29.3 Å². The van der Waals surface area contributed by atoms with E-state index in [-0.39, 0.29) is 6.04 Å². The highest BCUT2D eigenvalue weighted by Gasteiger charge is 2.39. The Balaban J connectivity index is 1.56. The summed E-state index contributed by atoms with van der Waals surface area (Å²) in [5, 5.41) is 15.5. The van der Waals surface area contributed by atoms with Crippen LogP contribution in [0.5, 0.6) is 11.5 Å². The number of benzene rings is 2. The van der Waals surface area contributed by atoms with E-state index >= 15 is 0 Å². The van der Waals surface area contributed by atoms with E-state index in [2.05, 4.69) is 16.2 Å². The number of hydrogen-bond donors (Lipinski definition) is 4. The third-order valence-electron chi connectivity index (χ3n) is 4.77. The van der Waals surface area contributed by atoms with Crippen LogP contribution in [0.1, 0.15) is 18.0 Å². The zero-order valence-electron chi connectivity index (χ0n) is 15.0. The van der Waals surface area contributed by atoms with Crippen molar-refractivity contribution in [3.05, 3.63) is 48.0 Å². The van der Waals surface area contributed by atoms with E-state index in [1.165, 1.54) is 5.01 Å². The van der Waals surface area contributed by atoms with E-state index < -0.39 is 12.2 Å². The normalized spacial score (nSPS) is 21.7. The zero-order chi connectivity index (χ0) is 19.0. The van der Waals surface area contributed by atoms with Crippen molar-refractivity contribution >= 4 is 17.4 Å². The Morgan fingerprint density at radius 2 is 1.93 bits per heavy atom. The Morgan fingerprint density at radius 3 is 2.70 bits per heavy atom. The van der Waals surface area contributed by atoms with Gasteiger partial charge in [-0.1, -0.05) is 18.2 Å². The van der Waals surface area contributed by atoms with Crippen molar-refractivity contribution in [3.63, 3.8) is 0 Å². The SMILES string of the molecule is COc1ccc(C2CC(N3C(=O)Nc4ccccc4N3O)NN2)c(OC)c1. The largest absolute Gasteiger partial charge is 0.497 e. The molecular formula is C18H21N5O4. The summed E-state index contributed by atoms with van der Waals surface area (Å²) in [5.41, 5.74) is 8.23. The minimum atomic E-state index is -0.458. The van der Waals surface area contributed by atoms with Crippen LogP contribution in [0.2, 0.25) is 0 Å². The molecule has 4 rings (SSSR count). The van der Waals surface area contributed by atoms with Gasteiger partial charge in [0.15, 0.2) is 0 Å². The Morgan fingerprint density at radius 1 is 1.11 bits per heavy atom. The van der Waals surface area contributed by atoms with Crippen molar-refractivity contribution in [2.24, 2.45) is 0 Å². The van der Waals surface area contributed by atoms with Gasteiger partial charge in [0.1, 0.15) is 23.4 Å². The number of hydrogen-bond acceptors (Lipinski definition) is 7. The first kappa shape index (κ1) is 17.4. The molecule has 1 fully saturated rings. The topological polar surface area (TPSA) is 98.3 Å². The van der Waals surface area contributed by atoms with Crippen LogP contribution in [0.25, 0.3) is 0 Å². The molecule has 142 valence electrons. The lowest BCUT2D eigenvalue weighted by atomic mass is 10.0. The predicted octanol–water partition coefficient (Wildman–Crippen LogP) is 2.23. The Kier molecular flexibility index (Phi) is 4.48. The first-order valence-electron chi connectivity index (χ1n) is 8.53. The van der Waals surface area contributed by atoms with Gasteiger partial charge in [-0.2, -0.15) is 10.2 Å². The number of carbonyl (C=O) groups excluding carboxylic acids is 1. The maximum absolute atomic E-state index is 12.5. The molecule has 2 aliphatic rings. The van der Waals surface area contributed by atoms with E-state index in [1.807, 2.05) is 18.2 Å². The molecule has 0 aliphatic carbocycles. The molecule has 9 heteroatoms. The van der Waals surface area contributed by atoms with E-state index in [9.17, 15) is 10.0 Å². The predicted molar refractivity (Wildman–Crippen MR) is 98.5 cm³/mol. The number of ether oxygens (including phenoxy) is 2. The van der Waals surface area contributed by atoms with Gasteiger partial charge in [0.05, 0.1) is 25.9 Å². The molecule has 0 radical (unpaired) electrons. The molecule has 2 amide bonds. The highest BCUT2D eigenvalue weighted by atomic mass is 16.6. The molecule has 1 saturated heterocycles. The molecule has 9 nitrogen and oxygen atoms in total. The van der Waals surface area contributed by atoms with E-state index in [0.717, 1.165) is 10.7 Å². The molecule has 0 aromatic heterocycles. The van der Waals surface area contributed by atoms with Crippen LogP contribution >= 0.6 is 0 Å². The molecule has 2 aromatic carbocycles. The summed E-state index contributed by atoms with van der Waals surface area (Å²) < 4.78 is 10.7. The molecule has 4 N–H and O–H groups in total. The van der Waals surface area contributed by atoms with Crippen LogP contribution in [-0.2, 0) is 0 Å². The molecule has 0 spiro atoms. The number of para-hydroxylation sites is 2. The molecule has 0 bridgehead atoms. The van der Waals surface area contributed by atoms with Crippen LogP contribution in [0.15, 0.2) is 42.5 Å². The summed E-state index contributed by atoms with van der Waals surface area (Å²) in [6, 6.07) is 12.1. The maximum atomic E-state index is 12.5. The number of fused-ring (bicyclic) bond motifs is 1. The van der Waals surface area contributed by atoms with Gasteiger partial charge in [-0.15, -0.1) is 0 Å². The van der Waals surface area contributed by atoms with Crippen molar-refractivity contribution in [2.45, 2.75) is 18.6 Å². The molecule has 2 atom stereocenters. The van der Waals surface area contributed by atoms with Gasteiger partial charge < -0.3 is 14.8 Å². The summed E-state index contributed by atoms with van der Waals surface area (Å²) in [6.45, 7) is 0. The summed E-state index contributed by atoms with van der Waals surface area (Å²) in [4.78, 5) is 12.5. The standard InChI is InChI=1S/C18H21N5O4/c1-26-11-7-8-12(16(9-11)27-2)14-10-17(21-20-14)22-18(24)19-13-5-3-4-6-15(13)23(22)25/h3-9,14,17,20-21,25H,10H2,1-2H3,(H,19,24). The lowest BCUT2D eigenvalue weighted by Gasteiger charge is -2.39. The highest BCUT2D eigenvalue weighted by Crippen LogP contribution is 2.36. The van der Waals surface area contributed by atoms with Gasteiger partial charge in [-0.3, -0.25) is 5.21 Å². The maximum Gasteiger partial charge on any atom is 0.344 e. The highest BCUT2D eigenvalue weighted by molar-refractivity contribution is 5.97. The third-order valence-corrected chi connectivity index (χ3v) is 4.77. The van der Waals surface area contributed by atoms with E-state index in [4.69, 9.17) is 9.47 Å². The van der Waals surface area contributed by atoms with Crippen LogP contribution < -0.4 is 30.8 Å². The second-order valence-electron chi connectivity index (χ2n) is 6.28. The van der Waals surface area contributed by atoms with Crippen molar-refractivity contribution < 1.29 is 19.5 Å². The Hall–Kier alpha value is -3.01. The number of carbonyl (C=O) groups is 1. The van der Waals surface area contributed by atoms with Crippen LogP contribution in [-0.4, -0.2) is 36.6 Å². The molecule has 27 heavy (non-hydrogen) atoms. The minimum Gasteiger partial charge on any atom is -0.497 e. The number of nitrogens with one attached hydrogen (secondary N) is 3. The van der Waals surface area contributed by atoms with Gasteiger partial charge in [0, 0.05) is 18.1 Å². The summed E-state index contributed by atoms with van der Waals surface area (Å²) in [5.74, 6) is 1.38. The van der Waals surface area contributed by atoms with Gasteiger partial charge in [-0.25, -0.2) is 15.6 Å². The number of hydrazine groups is 2. The Bertz CT molecular complexity index is 861. The fourth-order valence-corrected chi connectivity index (χ4v) is 3.41. The summed E-state index contributed by atoms with van der Waals surface area (Å²) >= 11 is 0. The monoisotopic (exact) mass is 371 g/mol. The molecule has 2 aliphatic heterocycles. The molecule has 2 heterocycles. The van der Waals surface area contributed by atoms with Crippen LogP contribution in [0, 0.1) is 0 Å². The number of anilines is 2. The second kappa shape index (κ2) is 6.95. The summed E-state index contributed by atoms with van der Waals surface area (Å²) in [6.07, 6.45) is 0.0650. The van der Waals surface area contributed by atoms with Crippen molar-refractivity contribution in [1.82, 2.24) is 15.9 Å². The van der Waals surface area contributed by atoms with Crippen molar-refractivity contribution in [3.8, 4) is 11.5 Å². The fourth-order valence-electron chi connectivity index (χ4n) is 3.41. The van der Waals surface area contributed by atoms with Gasteiger partial charge in [-0.05, 0) is 18.2 Å². The van der Waals surface area contributed by atoms with Gasteiger partial charge >= 0.3 is 6.03 Å². The van der Waals surface area contributed by atoms with Crippen molar-refractivity contribution in [1.29, 1.82) is 0 Å². The summed E-state index contributed by atoms with van der Waals surface area (Å²) in [7, 11) is 3.20. The average Bonchev–Trinajstić information content (AvgIpc) is 3.16. The second-order valence-corrected chi connectivity index (χ2v) is 6.28. The number of urea groups is 1. The van der Waals surface area contributed by atoms with E-state index in [1.54, 1.807) is 38.5 Å². The van der Waals surface area contributed by atoms with Gasteiger partial charge in [0.25, 0.3) is 0 Å². The van der Waals surface area contributed by atoms with Crippen LogP contribution in [0.4, 0.5) is 16.2 Å². The van der Waals surface area contributed by atoms with Gasteiger partial charge in [0.2, 0.25) is 0 Å². The van der Waals surface area contributed by atoms with Crippen LogP contribution in [0.3, 0.4) is 0 Å². The quantitative estimate of drug-likeness (QED) is 0.654. The average molecular weight is 371 g/mol. The van der Waals surface area contributed by atoms with Crippen molar-refractivity contribution in [2.75, 3.05) is 24.7 Å². The smallest absolute Gasteiger partial charge is 0.344 e. The molecular weight excluding hydrogens is 350 g/mol. The first-order valence-corrected chi connectivity index (χ1v) is 8.53. The lowest BCUT2D eigenvalue weighted by molar-refractivity contribution is 0.0556. The Labute approximate surface area is 156 Å².